The fourth-order valence-corrected chi connectivity index (χ4v) is 8.28. The van der Waals surface area contributed by atoms with Crippen molar-refractivity contribution in [2.24, 2.45) is 0 Å². The quantitative estimate of drug-likeness (QED) is 0.194. The maximum Gasteiger partial charge on any atom is 0.235 e. The summed E-state index contributed by atoms with van der Waals surface area (Å²) in [7, 11) is 0. The molecule has 7 aromatic carbocycles. The molecule has 10 rings (SSSR count). The van der Waals surface area contributed by atoms with Gasteiger partial charge in [0.1, 0.15) is 0 Å². The highest BCUT2D eigenvalue weighted by Crippen LogP contribution is 2.42. The molecule has 4 heteroatoms. The first-order chi connectivity index (χ1) is 23.8. The molecule has 0 fully saturated rings. The summed E-state index contributed by atoms with van der Waals surface area (Å²) in [6, 6.07) is 58.4. The van der Waals surface area contributed by atoms with Crippen LogP contribution in [0.1, 0.15) is 0 Å². The fraction of sp³-hybridized carbons (Fsp3) is 0. The summed E-state index contributed by atoms with van der Waals surface area (Å²) in [5.74, 6) is 0.654. The van der Waals surface area contributed by atoms with E-state index in [1.807, 2.05) is 23.5 Å². The van der Waals surface area contributed by atoms with Crippen molar-refractivity contribution in [2.45, 2.75) is 0 Å². The molecule has 0 spiro atoms. The molecule has 0 amide bonds. The first-order valence-corrected chi connectivity index (χ1v) is 17.0. The number of rotatable bonds is 4. The molecular weight excluding hydrogens is 603 g/mol. The molecule has 48 heavy (non-hydrogen) atoms. The largest absolute Gasteiger partial charge is 0.277 e. The summed E-state index contributed by atoms with van der Waals surface area (Å²) < 4.78 is 4.89. The summed E-state index contributed by atoms with van der Waals surface area (Å²) >= 11 is 1.85. The van der Waals surface area contributed by atoms with Crippen molar-refractivity contribution in [3.8, 4) is 39.6 Å². The van der Waals surface area contributed by atoms with E-state index in [4.69, 9.17) is 9.97 Å². The molecule has 0 saturated carbocycles. The van der Waals surface area contributed by atoms with Gasteiger partial charge in [0, 0.05) is 47.6 Å². The minimum Gasteiger partial charge on any atom is -0.277 e. The number of aromatic nitrogens is 3. The molecule has 0 bridgehead atoms. The van der Waals surface area contributed by atoms with Gasteiger partial charge in [0.15, 0.2) is 0 Å². The fourth-order valence-electron chi connectivity index (χ4n) is 7.13. The molecule has 224 valence electrons. The number of benzene rings is 7. The minimum atomic E-state index is 0.654. The van der Waals surface area contributed by atoms with Gasteiger partial charge in [-0.3, -0.25) is 4.57 Å². The zero-order valence-corrected chi connectivity index (χ0v) is 26.7. The highest BCUT2D eigenvalue weighted by Gasteiger charge is 2.21. The summed E-state index contributed by atoms with van der Waals surface area (Å²) in [6.07, 6.45) is 0. The van der Waals surface area contributed by atoms with Gasteiger partial charge in [-0.25, -0.2) is 9.97 Å². The lowest BCUT2D eigenvalue weighted by atomic mass is 10.00. The van der Waals surface area contributed by atoms with Gasteiger partial charge in [0.05, 0.1) is 22.4 Å². The molecule has 0 aliphatic heterocycles. The van der Waals surface area contributed by atoms with E-state index in [2.05, 4.69) is 156 Å². The third-order valence-electron chi connectivity index (χ3n) is 9.40. The number of thiophene rings is 1. The molecule has 0 saturated heterocycles. The van der Waals surface area contributed by atoms with Crippen LogP contribution in [0.15, 0.2) is 164 Å². The Labute approximate surface area is 281 Å². The minimum absolute atomic E-state index is 0.654. The lowest BCUT2D eigenvalue weighted by molar-refractivity contribution is 0.996. The molecule has 3 nitrogen and oxygen atoms in total. The van der Waals surface area contributed by atoms with Crippen molar-refractivity contribution in [1.29, 1.82) is 0 Å². The van der Waals surface area contributed by atoms with E-state index < -0.39 is 0 Å². The second-order valence-electron chi connectivity index (χ2n) is 12.2. The van der Waals surface area contributed by atoms with Crippen LogP contribution in [0.4, 0.5) is 0 Å². The van der Waals surface area contributed by atoms with Crippen LogP contribution in [0.2, 0.25) is 0 Å². The van der Waals surface area contributed by atoms with Crippen LogP contribution in [-0.2, 0) is 0 Å². The predicted molar refractivity (Wildman–Crippen MR) is 203 cm³/mol. The second kappa shape index (κ2) is 10.7. The van der Waals surface area contributed by atoms with E-state index in [0.29, 0.717) is 5.95 Å². The molecule has 3 aromatic heterocycles. The van der Waals surface area contributed by atoms with Crippen molar-refractivity contribution in [3.05, 3.63) is 164 Å². The molecular formula is C44H27N3S. The molecule has 0 atom stereocenters. The van der Waals surface area contributed by atoms with Gasteiger partial charge in [-0.15, -0.1) is 11.3 Å². The maximum atomic E-state index is 5.32. The van der Waals surface area contributed by atoms with Crippen LogP contribution in [0.25, 0.3) is 92.3 Å². The number of fused-ring (bicyclic) bond motifs is 7. The second-order valence-corrected chi connectivity index (χ2v) is 13.3. The zero-order chi connectivity index (χ0) is 31.6. The summed E-state index contributed by atoms with van der Waals surface area (Å²) in [4.78, 5) is 10.6. The van der Waals surface area contributed by atoms with Gasteiger partial charge < -0.3 is 0 Å². The topological polar surface area (TPSA) is 30.7 Å². The maximum absolute atomic E-state index is 5.32. The lowest BCUT2D eigenvalue weighted by Gasteiger charge is -2.14. The predicted octanol–water partition coefficient (Wildman–Crippen LogP) is 12.1. The third kappa shape index (κ3) is 4.27. The Balaban J connectivity index is 1.32. The summed E-state index contributed by atoms with van der Waals surface area (Å²) in [6.45, 7) is 0. The van der Waals surface area contributed by atoms with Crippen LogP contribution in [0, 0.1) is 0 Å². The van der Waals surface area contributed by atoms with Gasteiger partial charge in [0.2, 0.25) is 5.95 Å². The molecule has 0 N–H and O–H groups in total. The summed E-state index contributed by atoms with van der Waals surface area (Å²) in [5.41, 5.74) is 8.41. The first-order valence-electron chi connectivity index (χ1n) is 16.2. The third-order valence-corrected chi connectivity index (χ3v) is 10.5. The van der Waals surface area contributed by atoms with Gasteiger partial charge >= 0.3 is 0 Å². The number of hydrogen-bond donors (Lipinski definition) is 0. The molecule has 10 aromatic rings. The highest BCUT2D eigenvalue weighted by molar-refractivity contribution is 7.25. The van der Waals surface area contributed by atoms with Gasteiger partial charge in [-0.05, 0) is 46.7 Å². The standard InChI is InChI=1S/C44H27N3S/c1-3-12-28(13-4-1)38-27-39(29-14-5-2-6-15-29)46-44(45-38)47-40-25-31-17-8-7-16-30(31)24-37(40)36-20-11-19-33(43(36)47)32-22-23-35-34-18-9-10-21-41(34)48-42(35)26-32/h1-27H. The Morgan fingerprint density at radius 3 is 1.79 bits per heavy atom. The summed E-state index contributed by atoms with van der Waals surface area (Å²) in [5, 5.41) is 7.37. The number of hydrogen-bond acceptors (Lipinski definition) is 3. The van der Waals surface area contributed by atoms with Crippen LogP contribution in [-0.4, -0.2) is 14.5 Å². The van der Waals surface area contributed by atoms with Crippen molar-refractivity contribution < 1.29 is 0 Å². The Bertz CT molecular complexity index is 2770. The van der Waals surface area contributed by atoms with E-state index >= 15 is 0 Å². The number of para-hydroxylation sites is 1. The van der Waals surface area contributed by atoms with Gasteiger partial charge in [0.25, 0.3) is 0 Å². The van der Waals surface area contributed by atoms with Gasteiger partial charge in [-0.2, -0.15) is 0 Å². The van der Waals surface area contributed by atoms with Crippen LogP contribution >= 0.6 is 11.3 Å². The molecule has 3 heterocycles. The van der Waals surface area contributed by atoms with Crippen LogP contribution < -0.4 is 0 Å². The average molecular weight is 630 g/mol. The van der Waals surface area contributed by atoms with Crippen molar-refractivity contribution in [2.75, 3.05) is 0 Å². The Kier molecular flexibility index (Phi) is 6.05. The Morgan fingerprint density at radius 1 is 0.417 bits per heavy atom. The van der Waals surface area contributed by atoms with E-state index in [-0.39, 0.29) is 0 Å². The Morgan fingerprint density at radius 2 is 1.04 bits per heavy atom. The van der Waals surface area contributed by atoms with Crippen molar-refractivity contribution in [1.82, 2.24) is 14.5 Å². The van der Waals surface area contributed by atoms with E-state index in [1.165, 1.54) is 47.3 Å². The van der Waals surface area contributed by atoms with E-state index in [1.54, 1.807) is 0 Å². The van der Waals surface area contributed by atoms with Crippen molar-refractivity contribution in [3.63, 3.8) is 0 Å². The van der Waals surface area contributed by atoms with E-state index in [0.717, 1.165) is 39.1 Å². The SMILES string of the molecule is c1ccc(-c2cc(-c3ccccc3)nc(-n3c4cc5ccccc5cc4c4cccc(-c5ccc6c(c5)sc5ccccc56)c43)n2)cc1. The molecule has 0 aliphatic carbocycles. The average Bonchev–Trinajstić information content (AvgIpc) is 3.69. The monoisotopic (exact) mass is 629 g/mol. The van der Waals surface area contributed by atoms with Crippen molar-refractivity contribution >= 4 is 64.1 Å². The molecule has 0 radical (unpaired) electrons. The van der Waals surface area contributed by atoms with Crippen LogP contribution in [0.3, 0.4) is 0 Å². The normalized spacial score (nSPS) is 11.8. The number of nitrogens with zero attached hydrogens (tertiary/aromatic N) is 3. The van der Waals surface area contributed by atoms with E-state index in [9.17, 15) is 0 Å². The van der Waals surface area contributed by atoms with Crippen LogP contribution in [0.5, 0.6) is 0 Å². The first kappa shape index (κ1) is 27.1. The Hall–Kier alpha value is -6.10. The zero-order valence-electron chi connectivity index (χ0n) is 25.8. The van der Waals surface area contributed by atoms with Gasteiger partial charge in [-0.1, -0.05) is 133 Å². The smallest absolute Gasteiger partial charge is 0.235 e. The highest BCUT2D eigenvalue weighted by atomic mass is 32.1. The molecule has 0 aliphatic rings. The lowest BCUT2D eigenvalue weighted by Crippen LogP contribution is -2.04. The molecule has 0 unspecified atom stereocenters.